The number of hydrogen-bond acceptors (Lipinski definition) is 5. The van der Waals surface area contributed by atoms with Crippen LogP contribution in [0.3, 0.4) is 0 Å². The number of carbonyl (C=O) groups is 1. The van der Waals surface area contributed by atoms with Crippen molar-refractivity contribution < 1.29 is 14.3 Å². The maximum atomic E-state index is 12.5. The normalized spacial score (nSPS) is 19.8. The summed E-state index contributed by atoms with van der Waals surface area (Å²) in [6.07, 6.45) is 1.89. The molecular weight excluding hydrogens is 312 g/mol. The molecule has 0 saturated carbocycles. The molecule has 3 rings (SSSR count). The number of aryl methyl sites for hydroxylation is 1. The maximum absolute atomic E-state index is 12.5. The first-order valence-electron chi connectivity index (χ1n) is 8.00. The van der Waals surface area contributed by atoms with Crippen molar-refractivity contribution in [2.24, 2.45) is 5.92 Å². The second-order valence-electron chi connectivity index (χ2n) is 6.21. The van der Waals surface area contributed by atoms with E-state index in [4.69, 9.17) is 4.42 Å². The molecule has 1 saturated heterocycles. The van der Waals surface area contributed by atoms with Crippen LogP contribution in [-0.4, -0.2) is 40.1 Å². The van der Waals surface area contributed by atoms with Crippen molar-refractivity contribution in [3.8, 4) is 10.8 Å². The Morgan fingerprint density at radius 3 is 3.09 bits per heavy atom. The van der Waals surface area contributed by atoms with E-state index in [1.54, 1.807) is 6.92 Å². The number of hydrogen-bond donors (Lipinski definition) is 1. The fourth-order valence-electron chi connectivity index (χ4n) is 2.95. The van der Waals surface area contributed by atoms with Gasteiger partial charge < -0.3 is 14.4 Å². The number of furan rings is 1. The zero-order valence-corrected chi connectivity index (χ0v) is 14.3. The number of aliphatic hydroxyl groups is 1. The molecule has 0 radical (unpaired) electrons. The molecule has 2 aromatic rings. The lowest BCUT2D eigenvalue weighted by Gasteiger charge is -2.34. The van der Waals surface area contributed by atoms with Crippen molar-refractivity contribution in [1.29, 1.82) is 0 Å². The first kappa shape index (κ1) is 16.2. The number of thiazole rings is 1. The quantitative estimate of drug-likeness (QED) is 0.933. The van der Waals surface area contributed by atoms with Gasteiger partial charge >= 0.3 is 0 Å². The highest BCUT2D eigenvalue weighted by molar-refractivity contribution is 7.13. The van der Waals surface area contributed by atoms with Crippen LogP contribution in [0.15, 0.2) is 21.9 Å². The number of nitrogens with zero attached hydrogens (tertiary/aromatic N) is 2. The molecule has 23 heavy (non-hydrogen) atoms. The van der Waals surface area contributed by atoms with Crippen LogP contribution in [0.4, 0.5) is 0 Å². The van der Waals surface area contributed by atoms with E-state index in [-0.39, 0.29) is 17.9 Å². The SMILES string of the molecule is Cc1ccc(-c2nc(CC(=O)N3CCCC(C(C)O)C3)cs2)o1. The summed E-state index contributed by atoms with van der Waals surface area (Å²) in [6, 6.07) is 3.81. The van der Waals surface area contributed by atoms with Crippen molar-refractivity contribution in [2.45, 2.75) is 39.2 Å². The second-order valence-corrected chi connectivity index (χ2v) is 7.07. The minimum Gasteiger partial charge on any atom is -0.459 e. The summed E-state index contributed by atoms with van der Waals surface area (Å²) in [4.78, 5) is 18.8. The molecule has 2 atom stereocenters. The molecule has 124 valence electrons. The van der Waals surface area contributed by atoms with Crippen molar-refractivity contribution in [2.75, 3.05) is 13.1 Å². The minimum atomic E-state index is -0.362. The summed E-state index contributed by atoms with van der Waals surface area (Å²) >= 11 is 1.49. The molecule has 0 bridgehead atoms. The number of rotatable bonds is 4. The predicted octanol–water partition coefficient (Wildman–Crippen LogP) is 2.87. The van der Waals surface area contributed by atoms with Crippen LogP contribution in [0.25, 0.3) is 10.8 Å². The molecule has 2 aromatic heterocycles. The maximum Gasteiger partial charge on any atom is 0.228 e. The monoisotopic (exact) mass is 334 g/mol. The second kappa shape index (κ2) is 6.84. The summed E-state index contributed by atoms with van der Waals surface area (Å²) in [6.45, 7) is 5.12. The van der Waals surface area contributed by atoms with E-state index in [1.807, 2.05) is 29.3 Å². The Morgan fingerprint density at radius 2 is 2.39 bits per heavy atom. The van der Waals surface area contributed by atoms with Crippen molar-refractivity contribution in [1.82, 2.24) is 9.88 Å². The number of aromatic nitrogens is 1. The summed E-state index contributed by atoms with van der Waals surface area (Å²) < 4.78 is 5.57. The molecule has 0 aromatic carbocycles. The van der Waals surface area contributed by atoms with Crippen LogP contribution in [0, 0.1) is 12.8 Å². The van der Waals surface area contributed by atoms with E-state index in [1.165, 1.54) is 11.3 Å². The summed E-state index contributed by atoms with van der Waals surface area (Å²) in [5, 5.41) is 12.5. The zero-order valence-electron chi connectivity index (χ0n) is 13.5. The van der Waals surface area contributed by atoms with Crippen molar-refractivity contribution in [3.05, 3.63) is 29.0 Å². The van der Waals surface area contributed by atoms with Crippen molar-refractivity contribution in [3.63, 3.8) is 0 Å². The lowest BCUT2D eigenvalue weighted by Crippen LogP contribution is -2.43. The number of piperidine rings is 1. The van der Waals surface area contributed by atoms with Crippen LogP contribution in [0.2, 0.25) is 0 Å². The average molecular weight is 334 g/mol. The van der Waals surface area contributed by atoms with Crippen LogP contribution in [0.5, 0.6) is 0 Å². The Balaban J connectivity index is 1.63. The molecule has 3 heterocycles. The Hall–Kier alpha value is -1.66. The molecular formula is C17H22N2O3S. The Morgan fingerprint density at radius 1 is 1.57 bits per heavy atom. The summed E-state index contributed by atoms with van der Waals surface area (Å²) in [5.74, 6) is 1.87. The fraction of sp³-hybridized carbons (Fsp3) is 0.529. The van der Waals surface area contributed by atoms with Crippen LogP contribution in [-0.2, 0) is 11.2 Å². The van der Waals surface area contributed by atoms with E-state index in [9.17, 15) is 9.90 Å². The highest BCUT2D eigenvalue weighted by Gasteiger charge is 2.26. The third kappa shape index (κ3) is 3.82. The van der Waals surface area contributed by atoms with Gasteiger partial charge in [0.05, 0.1) is 18.2 Å². The highest BCUT2D eigenvalue weighted by Crippen LogP contribution is 2.26. The third-order valence-electron chi connectivity index (χ3n) is 4.33. The van der Waals surface area contributed by atoms with E-state index >= 15 is 0 Å². The molecule has 2 unspecified atom stereocenters. The van der Waals surface area contributed by atoms with Gasteiger partial charge in [-0.1, -0.05) is 0 Å². The average Bonchev–Trinajstić information content (AvgIpc) is 3.16. The van der Waals surface area contributed by atoms with E-state index < -0.39 is 0 Å². The number of carbonyl (C=O) groups excluding carboxylic acids is 1. The van der Waals surface area contributed by atoms with Gasteiger partial charge in [-0.3, -0.25) is 4.79 Å². The van der Waals surface area contributed by atoms with Crippen molar-refractivity contribution >= 4 is 17.2 Å². The van der Waals surface area contributed by atoms with Gasteiger partial charge in [-0.05, 0) is 38.8 Å². The van der Waals surface area contributed by atoms with E-state index in [2.05, 4.69) is 4.98 Å². The molecule has 5 nitrogen and oxygen atoms in total. The summed E-state index contributed by atoms with van der Waals surface area (Å²) in [7, 11) is 0. The lowest BCUT2D eigenvalue weighted by molar-refractivity contribution is -0.133. The number of aliphatic hydroxyl groups excluding tert-OH is 1. The third-order valence-corrected chi connectivity index (χ3v) is 5.23. The first-order chi connectivity index (χ1) is 11.0. The van der Waals surface area contributed by atoms with Crippen LogP contribution >= 0.6 is 11.3 Å². The molecule has 6 heteroatoms. The van der Waals surface area contributed by atoms with Gasteiger partial charge in [0.2, 0.25) is 5.91 Å². The predicted molar refractivity (Wildman–Crippen MR) is 89.2 cm³/mol. The van der Waals surface area contributed by atoms with Gasteiger partial charge in [0.25, 0.3) is 0 Å². The van der Waals surface area contributed by atoms with E-state index in [0.717, 1.165) is 41.6 Å². The minimum absolute atomic E-state index is 0.0859. The highest BCUT2D eigenvalue weighted by atomic mass is 32.1. The van der Waals surface area contributed by atoms with Gasteiger partial charge in [-0.2, -0.15) is 0 Å². The summed E-state index contributed by atoms with van der Waals surface area (Å²) in [5.41, 5.74) is 0.781. The van der Waals surface area contributed by atoms with Gasteiger partial charge in [0.15, 0.2) is 10.8 Å². The Labute approximate surface area is 140 Å². The largest absolute Gasteiger partial charge is 0.459 e. The molecule has 1 aliphatic rings. The molecule has 1 fully saturated rings. The van der Waals surface area contributed by atoms with Gasteiger partial charge in [-0.25, -0.2) is 4.98 Å². The van der Waals surface area contributed by atoms with E-state index in [0.29, 0.717) is 13.0 Å². The fourth-order valence-corrected chi connectivity index (χ4v) is 3.73. The standard InChI is InChI=1S/C17H22N2O3S/c1-11-5-6-15(22-11)17-18-14(10-23-17)8-16(21)19-7-3-4-13(9-19)12(2)20/h5-6,10,12-13,20H,3-4,7-9H2,1-2H3. The lowest BCUT2D eigenvalue weighted by atomic mass is 9.93. The van der Waals surface area contributed by atoms with Gasteiger partial charge in [0.1, 0.15) is 5.76 Å². The zero-order chi connectivity index (χ0) is 16.4. The van der Waals surface area contributed by atoms with Crippen LogP contribution < -0.4 is 0 Å². The molecule has 1 N–H and O–H groups in total. The molecule has 1 aliphatic heterocycles. The smallest absolute Gasteiger partial charge is 0.228 e. The molecule has 1 amide bonds. The van der Waals surface area contributed by atoms with Gasteiger partial charge in [0, 0.05) is 24.4 Å². The first-order valence-corrected chi connectivity index (χ1v) is 8.88. The topological polar surface area (TPSA) is 66.6 Å². The Bertz CT molecular complexity index is 677. The Kier molecular flexibility index (Phi) is 4.82. The van der Waals surface area contributed by atoms with Gasteiger partial charge in [-0.15, -0.1) is 11.3 Å². The van der Waals surface area contributed by atoms with Crippen LogP contribution in [0.1, 0.15) is 31.2 Å². The molecule has 0 aliphatic carbocycles. The molecule has 0 spiro atoms. The number of likely N-dealkylation sites (tertiary alicyclic amines) is 1. The number of amides is 1.